The van der Waals surface area contributed by atoms with Gasteiger partial charge in [-0.2, -0.15) is 0 Å². The molecular weight excluding hydrogens is 279 g/mol. The first-order chi connectivity index (χ1) is 9.64. The smallest absolute Gasteiger partial charge is 0.311 e. The van der Waals surface area contributed by atoms with Crippen LogP contribution in [0.3, 0.4) is 0 Å². The lowest BCUT2D eigenvalue weighted by atomic mass is 9.90. The lowest BCUT2D eigenvalue weighted by Crippen LogP contribution is -2.26. The number of carbonyl (C=O) groups is 1. The second-order valence-electron chi connectivity index (χ2n) is 7.57. The molecule has 21 heavy (non-hydrogen) atoms. The third-order valence-corrected chi connectivity index (χ3v) is 5.99. The monoisotopic (exact) mass is 316 g/mol. The molecule has 0 bridgehead atoms. The van der Waals surface area contributed by atoms with Gasteiger partial charge in [-0.1, -0.05) is 47.5 Å². The summed E-state index contributed by atoms with van der Waals surface area (Å²) in [5.41, 5.74) is -0.339. The maximum atomic E-state index is 11.9. The third kappa shape index (κ3) is 9.51. The molecule has 0 aromatic heterocycles. The van der Waals surface area contributed by atoms with Crippen molar-refractivity contribution in [2.45, 2.75) is 85.7 Å². The summed E-state index contributed by atoms with van der Waals surface area (Å²) >= 11 is 0. The summed E-state index contributed by atoms with van der Waals surface area (Å²) < 4.78 is 5.42. The number of carbonyl (C=O) groups excluding carboxylic acids is 1. The van der Waals surface area contributed by atoms with Crippen LogP contribution in [0.2, 0.25) is 0 Å². The van der Waals surface area contributed by atoms with Gasteiger partial charge in [0.25, 0.3) is 0 Å². The summed E-state index contributed by atoms with van der Waals surface area (Å²) in [6.07, 6.45) is 6.95. The molecule has 0 N–H and O–H groups in total. The molecule has 3 heteroatoms. The molecule has 0 radical (unpaired) electrons. The molecule has 0 amide bonds. The predicted molar refractivity (Wildman–Crippen MR) is 95.6 cm³/mol. The van der Waals surface area contributed by atoms with Crippen LogP contribution in [0.5, 0.6) is 0 Å². The Morgan fingerprint density at radius 1 is 1.14 bits per heavy atom. The van der Waals surface area contributed by atoms with Crippen molar-refractivity contribution >= 4 is 14.6 Å². The van der Waals surface area contributed by atoms with Crippen LogP contribution in [-0.2, 0) is 9.53 Å². The molecule has 0 saturated heterocycles. The highest BCUT2D eigenvalue weighted by Gasteiger charge is 2.26. The van der Waals surface area contributed by atoms with E-state index in [1.165, 1.54) is 25.4 Å². The number of hydrogen-bond donors (Lipinski definition) is 0. The van der Waals surface area contributed by atoms with E-state index in [0.29, 0.717) is 17.7 Å². The van der Waals surface area contributed by atoms with Crippen LogP contribution in [0.15, 0.2) is 0 Å². The second kappa shape index (κ2) is 9.82. The van der Waals surface area contributed by atoms with E-state index in [2.05, 4.69) is 27.7 Å². The zero-order valence-electron chi connectivity index (χ0n) is 15.3. The lowest BCUT2D eigenvalue weighted by molar-refractivity contribution is -0.154. The van der Waals surface area contributed by atoms with E-state index in [0.717, 1.165) is 21.4 Å². The van der Waals surface area contributed by atoms with Gasteiger partial charge in [-0.3, -0.25) is 4.79 Å². The SMILES string of the molecule is CCPC(C)(C)CCCC(C)CCOC(=O)C(C)(C)CC. The van der Waals surface area contributed by atoms with Crippen LogP contribution in [0.25, 0.3) is 0 Å². The van der Waals surface area contributed by atoms with Crippen LogP contribution in [-0.4, -0.2) is 23.9 Å². The van der Waals surface area contributed by atoms with E-state index in [9.17, 15) is 4.79 Å². The van der Waals surface area contributed by atoms with Crippen molar-refractivity contribution in [2.24, 2.45) is 11.3 Å². The van der Waals surface area contributed by atoms with Crippen molar-refractivity contribution in [2.75, 3.05) is 12.8 Å². The fraction of sp³-hybridized carbons (Fsp3) is 0.944. The Labute approximate surface area is 134 Å². The summed E-state index contributed by atoms with van der Waals surface area (Å²) in [5, 5.41) is 0.506. The molecule has 126 valence electrons. The van der Waals surface area contributed by atoms with Gasteiger partial charge in [0.1, 0.15) is 0 Å². The van der Waals surface area contributed by atoms with Crippen LogP contribution in [0, 0.1) is 11.3 Å². The molecule has 0 aliphatic heterocycles. The summed E-state index contributed by atoms with van der Waals surface area (Å²) in [7, 11) is 1.07. The molecule has 0 fully saturated rings. The van der Waals surface area contributed by atoms with Gasteiger partial charge in [0.05, 0.1) is 12.0 Å². The number of ether oxygens (including phenoxy) is 1. The summed E-state index contributed by atoms with van der Waals surface area (Å²) in [4.78, 5) is 11.9. The van der Waals surface area contributed by atoms with Gasteiger partial charge < -0.3 is 4.74 Å². The van der Waals surface area contributed by atoms with Gasteiger partial charge in [-0.25, -0.2) is 0 Å². The van der Waals surface area contributed by atoms with Crippen molar-refractivity contribution in [3.63, 3.8) is 0 Å². The minimum Gasteiger partial charge on any atom is -0.465 e. The van der Waals surface area contributed by atoms with Gasteiger partial charge >= 0.3 is 5.97 Å². The zero-order chi connectivity index (χ0) is 16.5. The molecule has 0 aromatic rings. The highest BCUT2D eigenvalue weighted by molar-refractivity contribution is 7.39. The lowest BCUT2D eigenvalue weighted by Gasteiger charge is -2.25. The van der Waals surface area contributed by atoms with E-state index in [1.807, 2.05) is 20.8 Å². The Balaban J connectivity index is 3.82. The molecular formula is C18H37O2P. The van der Waals surface area contributed by atoms with E-state index >= 15 is 0 Å². The third-order valence-electron chi connectivity index (χ3n) is 4.43. The molecule has 0 rings (SSSR count). The Morgan fingerprint density at radius 2 is 1.76 bits per heavy atom. The fourth-order valence-corrected chi connectivity index (χ4v) is 3.61. The van der Waals surface area contributed by atoms with E-state index < -0.39 is 0 Å². The first kappa shape index (κ1) is 20.9. The summed E-state index contributed by atoms with van der Waals surface area (Å²) in [5.74, 6) is 0.589. The van der Waals surface area contributed by atoms with Gasteiger partial charge in [0, 0.05) is 0 Å². The van der Waals surface area contributed by atoms with Crippen molar-refractivity contribution in [1.29, 1.82) is 0 Å². The minimum atomic E-state index is -0.339. The molecule has 0 spiro atoms. The predicted octanol–water partition coefficient (Wildman–Crippen LogP) is 5.64. The number of rotatable bonds is 11. The van der Waals surface area contributed by atoms with Crippen LogP contribution in [0.4, 0.5) is 0 Å². The average Bonchev–Trinajstić information content (AvgIpc) is 2.38. The molecule has 2 unspecified atom stereocenters. The van der Waals surface area contributed by atoms with Gasteiger partial charge in [-0.05, 0) is 50.3 Å². The van der Waals surface area contributed by atoms with Gasteiger partial charge in [0.15, 0.2) is 0 Å². The van der Waals surface area contributed by atoms with Crippen molar-refractivity contribution < 1.29 is 9.53 Å². The fourth-order valence-electron chi connectivity index (χ4n) is 2.30. The standard InChI is InChI=1S/C18H37O2P/c1-8-17(4,5)16(19)20-14-12-15(3)11-10-13-18(6,7)21-9-2/h15,21H,8-14H2,1-7H3. The molecule has 0 aliphatic carbocycles. The van der Waals surface area contributed by atoms with E-state index in [4.69, 9.17) is 4.74 Å². The Bertz CT molecular complexity index is 298. The average molecular weight is 316 g/mol. The quantitative estimate of drug-likeness (QED) is 0.364. The van der Waals surface area contributed by atoms with Gasteiger partial charge in [-0.15, -0.1) is 8.58 Å². The zero-order valence-corrected chi connectivity index (χ0v) is 16.3. The highest BCUT2D eigenvalue weighted by Crippen LogP contribution is 2.35. The Morgan fingerprint density at radius 3 is 2.29 bits per heavy atom. The van der Waals surface area contributed by atoms with Crippen LogP contribution >= 0.6 is 8.58 Å². The molecule has 0 saturated carbocycles. The molecule has 0 heterocycles. The van der Waals surface area contributed by atoms with Crippen molar-refractivity contribution in [3.8, 4) is 0 Å². The number of hydrogen-bond acceptors (Lipinski definition) is 2. The van der Waals surface area contributed by atoms with E-state index in [1.54, 1.807) is 0 Å². The second-order valence-corrected chi connectivity index (χ2v) is 9.99. The molecule has 0 aliphatic rings. The topological polar surface area (TPSA) is 26.3 Å². The van der Waals surface area contributed by atoms with E-state index in [-0.39, 0.29) is 11.4 Å². The van der Waals surface area contributed by atoms with Gasteiger partial charge in [0.2, 0.25) is 0 Å². The normalized spacial score (nSPS) is 14.6. The molecule has 2 nitrogen and oxygen atoms in total. The van der Waals surface area contributed by atoms with Crippen molar-refractivity contribution in [1.82, 2.24) is 0 Å². The largest absolute Gasteiger partial charge is 0.465 e. The number of esters is 1. The maximum absolute atomic E-state index is 11.9. The molecule has 0 aromatic carbocycles. The Hall–Kier alpha value is -0.100. The van der Waals surface area contributed by atoms with Crippen molar-refractivity contribution in [3.05, 3.63) is 0 Å². The molecule has 2 atom stereocenters. The maximum Gasteiger partial charge on any atom is 0.311 e. The Kier molecular flexibility index (Phi) is 9.78. The first-order valence-electron chi connectivity index (χ1n) is 8.57. The van der Waals surface area contributed by atoms with Crippen LogP contribution < -0.4 is 0 Å². The minimum absolute atomic E-state index is 0.0533. The summed E-state index contributed by atoms with van der Waals surface area (Å²) in [6, 6.07) is 0. The van der Waals surface area contributed by atoms with Crippen LogP contribution in [0.1, 0.15) is 80.6 Å². The highest BCUT2D eigenvalue weighted by atomic mass is 31.1. The summed E-state index contributed by atoms with van der Waals surface area (Å²) in [6.45, 7) is 15.8. The first-order valence-corrected chi connectivity index (χ1v) is 9.77.